The van der Waals surface area contributed by atoms with E-state index in [9.17, 15) is 9.59 Å². The SMILES string of the molecule is CC1=C(CC(N)=O)SC(NC(=O)OC(C)(C)C)N1c1c(C)cc(C)cc1C. The molecule has 0 saturated heterocycles. The summed E-state index contributed by atoms with van der Waals surface area (Å²) >= 11 is 1.42. The summed E-state index contributed by atoms with van der Waals surface area (Å²) in [5.74, 6) is -0.396. The summed E-state index contributed by atoms with van der Waals surface area (Å²) in [6, 6.07) is 4.22. The summed E-state index contributed by atoms with van der Waals surface area (Å²) in [4.78, 5) is 26.8. The molecule has 0 radical (unpaired) electrons. The molecule has 1 heterocycles. The molecular weight excluding hydrogens is 362 g/mol. The van der Waals surface area contributed by atoms with E-state index in [-0.39, 0.29) is 6.42 Å². The van der Waals surface area contributed by atoms with E-state index in [1.54, 1.807) is 0 Å². The summed E-state index contributed by atoms with van der Waals surface area (Å²) in [5.41, 5.74) is 9.72. The van der Waals surface area contributed by atoms with Crippen LogP contribution in [0.4, 0.5) is 10.5 Å². The average Bonchev–Trinajstić information content (AvgIpc) is 2.72. The third kappa shape index (κ3) is 5.19. The molecule has 27 heavy (non-hydrogen) atoms. The molecule has 148 valence electrons. The molecule has 1 aliphatic rings. The minimum absolute atomic E-state index is 0.142. The van der Waals surface area contributed by atoms with Crippen LogP contribution < -0.4 is 16.0 Å². The quantitative estimate of drug-likeness (QED) is 0.808. The van der Waals surface area contributed by atoms with Gasteiger partial charge in [0.15, 0.2) is 5.50 Å². The first kappa shape index (κ1) is 21.2. The fraction of sp³-hybridized carbons (Fsp3) is 0.500. The largest absolute Gasteiger partial charge is 0.444 e. The lowest BCUT2D eigenvalue weighted by atomic mass is 10.0. The van der Waals surface area contributed by atoms with Gasteiger partial charge in [-0.15, -0.1) is 0 Å². The topological polar surface area (TPSA) is 84.7 Å². The normalized spacial score (nSPS) is 17.3. The zero-order valence-corrected chi connectivity index (χ0v) is 17.9. The second kappa shape index (κ2) is 7.84. The lowest BCUT2D eigenvalue weighted by molar-refractivity contribution is -0.117. The molecule has 1 aromatic rings. The standard InChI is InChI=1S/C20H29N3O3S/c1-11-8-12(2)17(13(3)9-11)23-14(4)15(10-16(21)24)27-18(23)22-19(25)26-20(5,6)7/h8-9,18H,10H2,1-7H3,(H2,21,24)(H,22,25). The number of nitrogens with zero attached hydrogens (tertiary/aromatic N) is 1. The van der Waals surface area contributed by atoms with E-state index in [4.69, 9.17) is 10.5 Å². The number of hydrogen-bond donors (Lipinski definition) is 2. The minimum atomic E-state index is -0.591. The Morgan fingerprint density at radius 2 is 1.74 bits per heavy atom. The average molecular weight is 392 g/mol. The first-order valence-corrected chi connectivity index (χ1v) is 9.78. The zero-order valence-electron chi connectivity index (χ0n) is 17.1. The third-order valence-corrected chi connectivity index (χ3v) is 5.38. The molecule has 2 amide bonds. The number of anilines is 1. The first-order valence-electron chi connectivity index (χ1n) is 8.90. The van der Waals surface area contributed by atoms with Crippen molar-refractivity contribution in [3.8, 4) is 0 Å². The number of amides is 2. The number of nitrogens with two attached hydrogens (primary N) is 1. The Hall–Kier alpha value is -2.15. The smallest absolute Gasteiger partial charge is 0.409 e. The second-order valence-corrected chi connectivity index (χ2v) is 9.06. The Morgan fingerprint density at radius 3 is 2.22 bits per heavy atom. The molecule has 3 N–H and O–H groups in total. The molecule has 7 heteroatoms. The Kier molecular flexibility index (Phi) is 6.14. The Balaban J connectivity index is 2.42. The van der Waals surface area contributed by atoms with Crippen molar-refractivity contribution in [3.05, 3.63) is 39.4 Å². The van der Waals surface area contributed by atoms with E-state index in [0.29, 0.717) is 0 Å². The summed E-state index contributed by atoms with van der Waals surface area (Å²) in [6.45, 7) is 13.6. The number of allylic oxidation sites excluding steroid dienone is 1. The van der Waals surface area contributed by atoms with Crippen molar-refractivity contribution in [2.24, 2.45) is 5.73 Å². The minimum Gasteiger partial charge on any atom is -0.444 e. The van der Waals surface area contributed by atoms with Crippen LogP contribution in [-0.2, 0) is 9.53 Å². The third-order valence-electron chi connectivity index (χ3n) is 4.10. The van der Waals surface area contributed by atoms with Crippen molar-refractivity contribution >= 4 is 29.4 Å². The van der Waals surface area contributed by atoms with Gasteiger partial charge >= 0.3 is 6.09 Å². The molecule has 1 atom stereocenters. The van der Waals surface area contributed by atoms with Crippen molar-refractivity contribution in [2.45, 2.75) is 66.0 Å². The molecule has 1 aromatic carbocycles. The van der Waals surface area contributed by atoms with E-state index >= 15 is 0 Å². The van der Waals surface area contributed by atoms with Crippen LogP contribution >= 0.6 is 11.8 Å². The van der Waals surface area contributed by atoms with Gasteiger partial charge in [-0.3, -0.25) is 10.1 Å². The molecule has 2 rings (SSSR count). The summed E-state index contributed by atoms with van der Waals surface area (Å²) in [5, 5.41) is 2.92. The van der Waals surface area contributed by atoms with Gasteiger partial charge in [-0.05, 0) is 59.6 Å². The monoisotopic (exact) mass is 391 g/mol. The van der Waals surface area contributed by atoms with Crippen LogP contribution in [0, 0.1) is 20.8 Å². The lowest BCUT2D eigenvalue weighted by Crippen LogP contribution is -2.45. The van der Waals surface area contributed by atoms with Crippen LogP contribution in [0.5, 0.6) is 0 Å². The van der Waals surface area contributed by atoms with Crippen molar-refractivity contribution in [2.75, 3.05) is 4.90 Å². The van der Waals surface area contributed by atoms with Crippen molar-refractivity contribution < 1.29 is 14.3 Å². The summed E-state index contributed by atoms with van der Waals surface area (Å²) in [7, 11) is 0. The number of carbonyl (C=O) groups is 2. The molecule has 1 aliphatic heterocycles. The van der Waals surface area contributed by atoms with Crippen LogP contribution in [0.25, 0.3) is 0 Å². The van der Waals surface area contributed by atoms with Crippen LogP contribution in [0.2, 0.25) is 0 Å². The van der Waals surface area contributed by atoms with Gasteiger partial charge in [0.2, 0.25) is 5.91 Å². The Morgan fingerprint density at radius 1 is 1.19 bits per heavy atom. The number of hydrogen-bond acceptors (Lipinski definition) is 5. The van der Waals surface area contributed by atoms with Crippen molar-refractivity contribution in [1.29, 1.82) is 0 Å². The zero-order chi connectivity index (χ0) is 20.5. The maximum Gasteiger partial charge on any atom is 0.409 e. The van der Waals surface area contributed by atoms with E-state index in [0.717, 1.165) is 27.4 Å². The van der Waals surface area contributed by atoms with Gasteiger partial charge in [-0.25, -0.2) is 4.79 Å². The van der Waals surface area contributed by atoms with Crippen LogP contribution in [0.15, 0.2) is 22.7 Å². The number of aryl methyl sites for hydroxylation is 3. The molecule has 1 unspecified atom stereocenters. The highest BCUT2D eigenvalue weighted by Crippen LogP contribution is 2.43. The number of thioether (sulfide) groups is 1. The number of rotatable bonds is 4. The number of alkyl carbamates (subject to hydrolysis) is 1. The number of ether oxygens (including phenoxy) is 1. The molecule has 0 saturated carbocycles. The highest BCUT2D eigenvalue weighted by Gasteiger charge is 2.35. The van der Waals surface area contributed by atoms with E-state index in [2.05, 4.69) is 29.3 Å². The molecule has 0 aromatic heterocycles. The summed E-state index contributed by atoms with van der Waals surface area (Å²) < 4.78 is 5.41. The second-order valence-electron chi connectivity index (χ2n) is 7.89. The Labute approximate surface area is 165 Å². The maximum atomic E-state index is 12.4. The first-order chi connectivity index (χ1) is 12.4. The maximum absolute atomic E-state index is 12.4. The van der Waals surface area contributed by atoms with Crippen molar-refractivity contribution in [3.63, 3.8) is 0 Å². The highest BCUT2D eigenvalue weighted by molar-refractivity contribution is 8.04. The van der Waals surface area contributed by atoms with E-state index in [1.165, 1.54) is 17.3 Å². The number of carbonyl (C=O) groups excluding carboxylic acids is 2. The molecule has 0 fully saturated rings. The van der Waals surface area contributed by atoms with Crippen LogP contribution in [0.3, 0.4) is 0 Å². The van der Waals surface area contributed by atoms with Gasteiger partial charge in [0.05, 0.1) is 6.42 Å². The van der Waals surface area contributed by atoms with Gasteiger partial charge in [0.1, 0.15) is 5.60 Å². The van der Waals surface area contributed by atoms with Crippen LogP contribution in [-0.4, -0.2) is 23.1 Å². The fourth-order valence-electron chi connectivity index (χ4n) is 3.25. The van der Waals surface area contributed by atoms with Gasteiger partial charge in [0.25, 0.3) is 0 Å². The van der Waals surface area contributed by atoms with Crippen molar-refractivity contribution in [1.82, 2.24) is 5.32 Å². The number of primary amides is 1. The lowest BCUT2D eigenvalue weighted by Gasteiger charge is -2.32. The fourth-order valence-corrected chi connectivity index (χ4v) is 4.54. The molecule has 0 bridgehead atoms. The molecular formula is C20H29N3O3S. The highest BCUT2D eigenvalue weighted by atomic mass is 32.2. The molecule has 0 spiro atoms. The number of benzene rings is 1. The summed E-state index contributed by atoms with van der Waals surface area (Å²) in [6.07, 6.45) is -0.357. The predicted molar refractivity (Wildman–Crippen MR) is 110 cm³/mol. The molecule has 6 nitrogen and oxygen atoms in total. The van der Waals surface area contributed by atoms with Gasteiger partial charge in [-0.2, -0.15) is 0 Å². The van der Waals surface area contributed by atoms with E-state index < -0.39 is 23.1 Å². The number of nitrogens with one attached hydrogen (secondary N) is 1. The Bertz CT molecular complexity index is 773. The van der Waals surface area contributed by atoms with Crippen LogP contribution in [0.1, 0.15) is 50.8 Å². The van der Waals surface area contributed by atoms with Gasteiger partial charge < -0.3 is 15.4 Å². The van der Waals surface area contributed by atoms with Gasteiger partial charge in [0, 0.05) is 16.3 Å². The molecule has 0 aliphatic carbocycles. The predicted octanol–water partition coefficient (Wildman–Crippen LogP) is 4.08. The van der Waals surface area contributed by atoms with E-state index in [1.807, 2.05) is 41.5 Å². The van der Waals surface area contributed by atoms with Gasteiger partial charge in [-0.1, -0.05) is 29.5 Å².